The second-order valence-corrected chi connectivity index (χ2v) is 3.72. The van der Waals surface area contributed by atoms with Gasteiger partial charge in [0.05, 0.1) is 7.11 Å². The molecule has 1 atom stereocenters. The number of furan rings is 1. The first-order valence-corrected chi connectivity index (χ1v) is 5.35. The number of carbonyl (C=O) groups excluding carboxylic acids is 1. The van der Waals surface area contributed by atoms with Gasteiger partial charge in [0.2, 0.25) is 5.76 Å². The highest BCUT2D eigenvalue weighted by Crippen LogP contribution is 2.19. The summed E-state index contributed by atoms with van der Waals surface area (Å²) in [4.78, 5) is 25.7. The maximum atomic E-state index is 11.2. The number of ether oxygens (including phenoxy) is 1. The largest absolute Gasteiger partial charge is 0.475 e. The molecule has 2 aromatic rings. The fourth-order valence-electron chi connectivity index (χ4n) is 1.47. The molecule has 0 radical (unpaired) electrons. The molecule has 0 saturated heterocycles. The number of esters is 1. The van der Waals surface area contributed by atoms with Crippen molar-refractivity contribution < 1.29 is 23.8 Å². The van der Waals surface area contributed by atoms with Crippen LogP contribution in [0.15, 0.2) is 22.9 Å². The highest BCUT2D eigenvalue weighted by molar-refractivity contribution is 5.85. The Kier molecular flexibility index (Phi) is 3.32. The Hall–Kier alpha value is -2.64. The van der Waals surface area contributed by atoms with Crippen molar-refractivity contribution in [2.24, 2.45) is 0 Å². The van der Waals surface area contributed by atoms with Crippen LogP contribution in [0.1, 0.15) is 39.9 Å². The number of rotatable bonds is 4. The normalized spacial score (nSPS) is 12.1. The van der Waals surface area contributed by atoms with Crippen molar-refractivity contribution in [3.05, 3.63) is 35.8 Å². The quantitative estimate of drug-likeness (QED) is 0.820. The van der Waals surface area contributed by atoms with Gasteiger partial charge in [-0.05, 0) is 19.1 Å². The first-order valence-electron chi connectivity index (χ1n) is 5.35. The molecule has 0 saturated carbocycles. The molecule has 1 unspecified atom stereocenters. The van der Waals surface area contributed by atoms with Crippen molar-refractivity contribution in [3.8, 4) is 0 Å². The van der Waals surface area contributed by atoms with Crippen LogP contribution < -0.4 is 0 Å². The van der Waals surface area contributed by atoms with E-state index in [0.717, 1.165) is 0 Å². The van der Waals surface area contributed by atoms with Gasteiger partial charge in [0.1, 0.15) is 18.1 Å². The molecule has 0 fully saturated rings. The van der Waals surface area contributed by atoms with Crippen molar-refractivity contribution in [2.75, 3.05) is 7.11 Å². The molecule has 0 amide bonds. The molecular weight excluding hydrogens is 254 g/mol. The predicted octanol–water partition coefficient (Wildman–Crippen LogP) is 0.965. The van der Waals surface area contributed by atoms with Crippen LogP contribution in [-0.2, 0) is 4.74 Å². The molecule has 100 valence electrons. The summed E-state index contributed by atoms with van der Waals surface area (Å²) in [5.74, 6) is -1.61. The zero-order chi connectivity index (χ0) is 14.0. The summed E-state index contributed by atoms with van der Waals surface area (Å²) >= 11 is 0. The van der Waals surface area contributed by atoms with Crippen molar-refractivity contribution >= 4 is 11.9 Å². The van der Waals surface area contributed by atoms with Crippen molar-refractivity contribution in [1.82, 2.24) is 14.8 Å². The molecule has 19 heavy (non-hydrogen) atoms. The van der Waals surface area contributed by atoms with Crippen LogP contribution in [0, 0.1) is 0 Å². The van der Waals surface area contributed by atoms with E-state index in [4.69, 9.17) is 9.52 Å². The van der Waals surface area contributed by atoms with Gasteiger partial charge < -0.3 is 14.3 Å². The molecule has 2 aromatic heterocycles. The van der Waals surface area contributed by atoms with Gasteiger partial charge in [-0.15, -0.1) is 5.10 Å². The number of methoxy groups -OCH3 is 1. The molecule has 0 aromatic carbocycles. The van der Waals surface area contributed by atoms with Gasteiger partial charge in [0.15, 0.2) is 0 Å². The Balaban J connectivity index is 2.23. The third-order valence-corrected chi connectivity index (χ3v) is 2.52. The van der Waals surface area contributed by atoms with E-state index in [2.05, 4.69) is 14.8 Å². The molecule has 2 heterocycles. The smallest absolute Gasteiger partial charge is 0.377 e. The summed E-state index contributed by atoms with van der Waals surface area (Å²) in [6, 6.07) is 2.50. The van der Waals surface area contributed by atoms with Gasteiger partial charge in [0, 0.05) is 0 Å². The van der Waals surface area contributed by atoms with Crippen molar-refractivity contribution in [1.29, 1.82) is 0 Å². The predicted molar refractivity (Wildman–Crippen MR) is 60.8 cm³/mol. The zero-order valence-corrected chi connectivity index (χ0v) is 10.2. The van der Waals surface area contributed by atoms with Gasteiger partial charge >= 0.3 is 11.9 Å². The van der Waals surface area contributed by atoms with Crippen molar-refractivity contribution in [3.63, 3.8) is 0 Å². The third kappa shape index (κ3) is 2.46. The average molecular weight is 265 g/mol. The third-order valence-electron chi connectivity index (χ3n) is 2.52. The monoisotopic (exact) mass is 265 g/mol. The van der Waals surface area contributed by atoms with Crippen LogP contribution >= 0.6 is 0 Å². The maximum Gasteiger partial charge on any atom is 0.377 e. The van der Waals surface area contributed by atoms with Crippen LogP contribution in [0.3, 0.4) is 0 Å². The maximum absolute atomic E-state index is 11.2. The minimum atomic E-state index is -1.15. The Morgan fingerprint density at radius 3 is 2.79 bits per heavy atom. The lowest BCUT2D eigenvalue weighted by molar-refractivity contribution is 0.0585. The Morgan fingerprint density at radius 2 is 2.21 bits per heavy atom. The summed E-state index contributed by atoms with van der Waals surface area (Å²) in [5, 5.41) is 12.7. The van der Waals surface area contributed by atoms with Crippen LogP contribution in [0.4, 0.5) is 0 Å². The Bertz CT molecular complexity index is 615. The molecule has 0 bridgehead atoms. The van der Waals surface area contributed by atoms with E-state index in [-0.39, 0.29) is 17.6 Å². The standard InChI is InChI=1S/C11H11N3O5/c1-6(7-3-4-8(19-7)10(15)16)14-5-12-9(13-14)11(17)18-2/h3-6H,1-2H3,(H,15,16). The minimum absolute atomic E-state index is 0.0700. The fraction of sp³-hybridized carbons (Fsp3) is 0.273. The molecule has 0 aliphatic rings. The second kappa shape index (κ2) is 4.92. The van der Waals surface area contributed by atoms with Gasteiger partial charge in [-0.1, -0.05) is 0 Å². The summed E-state index contributed by atoms with van der Waals surface area (Å²) in [5.41, 5.74) is 0. The number of carboxylic acids is 1. The van der Waals surface area contributed by atoms with Gasteiger partial charge in [-0.2, -0.15) is 0 Å². The topological polar surface area (TPSA) is 107 Å². The highest BCUT2D eigenvalue weighted by atomic mass is 16.5. The van der Waals surface area contributed by atoms with Gasteiger partial charge in [-0.3, -0.25) is 0 Å². The summed E-state index contributed by atoms with van der Waals surface area (Å²) in [6.45, 7) is 1.74. The molecule has 0 aliphatic heterocycles. The summed E-state index contributed by atoms with van der Waals surface area (Å²) in [6.07, 6.45) is 1.35. The number of hydrogen-bond donors (Lipinski definition) is 1. The van der Waals surface area contributed by atoms with Crippen LogP contribution in [0.2, 0.25) is 0 Å². The Labute approximate surface area is 107 Å². The molecule has 0 aliphatic carbocycles. The van der Waals surface area contributed by atoms with Gasteiger partial charge in [0.25, 0.3) is 5.82 Å². The van der Waals surface area contributed by atoms with Crippen LogP contribution in [-0.4, -0.2) is 38.9 Å². The van der Waals surface area contributed by atoms with E-state index < -0.39 is 11.9 Å². The summed E-state index contributed by atoms with van der Waals surface area (Å²) in [7, 11) is 1.23. The van der Waals surface area contributed by atoms with E-state index in [1.165, 1.54) is 30.3 Å². The number of hydrogen-bond acceptors (Lipinski definition) is 6. The van der Waals surface area contributed by atoms with E-state index in [1.807, 2.05) is 0 Å². The lowest BCUT2D eigenvalue weighted by Crippen LogP contribution is -2.09. The second-order valence-electron chi connectivity index (χ2n) is 3.72. The van der Waals surface area contributed by atoms with E-state index >= 15 is 0 Å². The fourth-order valence-corrected chi connectivity index (χ4v) is 1.47. The van der Waals surface area contributed by atoms with E-state index in [0.29, 0.717) is 5.76 Å². The molecule has 1 N–H and O–H groups in total. The number of aromatic nitrogens is 3. The summed E-state index contributed by atoms with van der Waals surface area (Å²) < 4.78 is 11.0. The van der Waals surface area contributed by atoms with Gasteiger partial charge in [-0.25, -0.2) is 19.3 Å². The van der Waals surface area contributed by atoms with E-state index in [9.17, 15) is 9.59 Å². The molecule has 0 spiro atoms. The van der Waals surface area contributed by atoms with Crippen LogP contribution in [0.25, 0.3) is 0 Å². The van der Waals surface area contributed by atoms with E-state index in [1.54, 1.807) is 6.92 Å². The average Bonchev–Trinajstić information content (AvgIpc) is 3.05. The molecule has 8 heteroatoms. The van der Waals surface area contributed by atoms with Crippen molar-refractivity contribution in [2.45, 2.75) is 13.0 Å². The molecule has 2 rings (SSSR count). The lowest BCUT2D eigenvalue weighted by Gasteiger charge is -2.07. The number of aromatic carboxylic acids is 1. The number of carboxylic acid groups (broad SMARTS) is 1. The first-order chi connectivity index (χ1) is 9.02. The number of carbonyl (C=O) groups is 2. The first kappa shape index (κ1) is 12.8. The molecular formula is C11H11N3O5. The Morgan fingerprint density at radius 1 is 1.47 bits per heavy atom. The zero-order valence-electron chi connectivity index (χ0n) is 10.2. The SMILES string of the molecule is COC(=O)c1ncn(C(C)c2ccc(C(=O)O)o2)n1. The molecule has 8 nitrogen and oxygen atoms in total. The lowest BCUT2D eigenvalue weighted by atomic mass is 10.3. The number of nitrogens with zero attached hydrogens (tertiary/aromatic N) is 3. The highest BCUT2D eigenvalue weighted by Gasteiger charge is 2.19. The van der Waals surface area contributed by atoms with Crippen LogP contribution in [0.5, 0.6) is 0 Å². The minimum Gasteiger partial charge on any atom is -0.475 e.